The summed E-state index contributed by atoms with van der Waals surface area (Å²) >= 11 is 0. The van der Waals surface area contributed by atoms with Gasteiger partial charge in [-0.2, -0.15) is 0 Å². The van der Waals surface area contributed by atoms with Crippen LogP contribution in [0.1, 0.15) is 19.4 Å². The molecule has 5 heteroatoms. The van der Waals surface area contributed by atoms with Gasteiger partial charge < -0.3 is 14.5 Å². The normalized spacial score (nSPS) is 17.0. The van der Waals surface area contributed by atoms with Crippen molar-refractivity contribution in [3.05, 3.63) is 76.8 Å². The SMILES string of the molecule is CC1(C)Oc2cc3ccc(=O)oc3cc2C(=CNc2ccccc2)C1=O. The van der Waals surface area contributed by atoms with E-state index >= 15 is 0 Å². The van der Waals surface area contributed by atoms with Crippen LogP contribution < -0.4 is 15.7 Å². The molecule has 0 radical (unpaired) electrons. The lowest BCUT2D eigenvalue weighted by Crippen LogP contribution is -2.42. The molecule has 4 rings (SSSR count). The zero-order valence-corrected chi connectivity index (χ0v) is 14.4. The number of fused-ring (bicyclic) bond motifs is 2. The van der Waals surface area contributed by atoms with E-state index in [2.05, 4.69) is 5.32 Å². The van der Waals surface area contributed by atoms with Crippen molar-refractivity contribution in [2.45, 2.75) is 19.4 Å². The highest BCUT2D eigenvalue weighted by molar-refractivity contribution is 6.26. The number of hydrogen-bond donors (Lipinski definition) is 1. The molecule has 0 aliphatic carbocycles. The molecule has 5 nitrogen and oxygen atoms in total. The second-order valence-corrected chi connectivity index (χ2v) is 6.65. The zero-order chi connectivity index (χ0) is 18.3. The molecule has 130 valence electrons. The van der Waals surface area contributed by atoms with Crippen molar-refractivity contribution in [3.8, 4) is 5.75 Å². The third kappa shape index (κ3) is 2.77. The van der Waals surface area contributed by atoms with E-state index in [1.807, 2.05) is 30.3 Å². The third-order valence-electron chi connectivity index (χ3n) is 4.33. The van der Waals surface area contributed by atoms with Gasteiger partial charge in [-0.1, -0.05) is 18.2 Å². The van der Waals surface area contributed by atoms with Crippen LogP contribution >= 0.6 is 0 Å². The van der Waals surface area contributed by atoms with E-state index in [0.717, 1.165) is 11.1 Å². The molecule has 0 fully saturated rings. The molecule has 1 aromatic heterocycles. The summed E-state index contributed by atoms with van der Waals surface area (Å²) in [5, 5.41) is 3.89. The Labute approximate surface area is 149 Å². The van der Waals surface area contributed by atoms with Gasteiger partial charge in [0, 0.05) is 34.5 Å². The zero-order valence-electron chi connectivity index (χ0n) is 14.4. The van der Waals surface area contributed by atoms with Crippen molar-refractivity contribution in [1.29, 1.82) is 0 Å². The first-order valence-corrected chi connectivity index (χ1v) is 8.28. The minimum absolute atomic E-state index is 0.147. The maximum Gasteiger partial charge on any atom is 0.336 e. The Morgan fingerprint density at radius 1 is 1.00 bits per heavy atom. The highest BCUT2D eigenvalue weighted by Gasteiger charge is 2.39. The van der Waals surface area contributed by atoms with E-state index in [1.54, 1.807) is 38.2 Å². The van der Waals surface area contributed by atoms with Gasteiger partial charge in [0.05, 0.1) is 0 Å². The fourth-order valence-corrected chi connectivity index (χ4v) is 2.99. The van der Waals surface area contributed by atoms with Crippen molar-refractivity contribution in [2.24, 2.45) is 0 Å². The van der Waals surface area contributed by atoms with Gasteiger partial charge >= 0.3 is 5.63 Å². The van der Waals surface area contributed by atoms with Gasteiger partial charge in [0.15, 0.2) is 5.60 Å². The maximum absolute atomic E-state index is 12.9. The summed E-state index contributed by atoms with van der Waals surface area (Å²) in [5.74, 6) is 0.433. The molecular weight excluding hydrogens is 330 g/mol. The topological polar surface area (TPSA) is 68.5 Å². The number of anilines is 1. The van der Waals surface area contributed by atoms with Crippen molar-refractivity contribution < 1.29 is 13.9 Å². The lowest BCUT2D eigenvalue weighted by molar-refractivity contribution is -0.126. The Kier molecular flexibility index (Phi) is 3.65. The van der Waals surface area contributed by atoms with Gasteiger partial charge in [-0.05, 0) is 44.2 Å². The maximum atomic E-state index is 12.9. The second-order valence-electron chi connectivity index (χ2n) is 6.65. The van der Waals surface area contributed by atoms with Crippen LogP contribution in [0.25, 0.3) is 16.5 Å². The third-order valence-corrected chi connectivity index (χ3v) is 4.33. The smallest absolute Gasteiger partial charge is 0.336 e. The minimum Gasteiger partial charge on any atom is -0.479 e. The molecule has 0 saturated heterocycles. The average Bonchev–Trinajstić information content (AvgIpc) is 2.62. The van der Waals surface area contributed by atoms with Crippen molar-refractivity contribution >= 4 is 28.0 Å². The van der Waals surface area contributed by atoms with Crippen LogP contribution in [0.4, 0.5) is 5.69 Å². The molecule has 3 aromatic rings. The van der Waals surface area contributed by atoms with E-state index in [4.69, 9.17) is 9.15 Å². The van der Waals surface area contributed by atoms with Crippen molar-refractivity contribution in [3.63, 3.8) is 0 Å². The predicted octanol–water partition coefficient (Wildman–Crippen LogP) is 3.99. The fraction of sp³-hybridized carbons (Fsp3) is 0.143. The molecule has 0 saturated carbocycles. The predicted molar refractivity (Wildman–Crippen MR) is 100 cm³/mol. The number of carbonyl (C=O) groups excluding carboxylic acids is 1. The molecule has 1 aliphatic heterocycles. The van der Waals surface area contributed by atoms with Gasteiger partial charge in [0.2, 0.25) is 5.78 Å². The van der Waals surface area contributed by atoms with Crippen LogP contribution in [0, 0.1) is 0 Å². The Bertz CT molecular complexity index is 1090. The van der Waals surface area contributed by atoms with Crippen molar-refractivity contribution in [2.75, 3.05) is 5.32 Å². The van der Waals surface area contributed by atoms with Crippen LogP contribution in [0.3, 0.4) is 0 Å². The highest BCUT2D eigenvalue weighted by Crippen LogP contribution is 2.40. The van der Waals surface area contributed by atoms with E-state index in [1.165, 1.54) is 6.07 Å². The summed E-state index contributed by atoms with van der Waals surface area (Å²) in [6.07, 6.45) is 1.67. The summed E-state index contributed by atoms with van der Waals surface area (Å²) < 4.78 is 11.2. The molecular formula is C21H17NO4. The molecule has 0 unspecified atom stereocenters. The number of hydrogen-bond acceptors (Lipinski definition) is 5. The average molecular weight is 347 g/mol. The lowest BCUT2D eigenvalue weighted by atomic mass is 9.88. The number of nitrogens with one attached hydrogen (secondary N) is 1. The summed E-state index contributed by atoms with van der Waals surface area (Å²) in [6, 6.07) is 16.1. The van der Waals surface area contributed by atoms with E-state index in [9.17, 15) is 9.59 Å². The molecule has 2 heterocycles. The minimum atomic E-state index is -0.986. The van der Waals surface area contributed by atoms with E-state index in [-0.39, 0.29) is 5.78 Å². The molecule has 0 spiro atoms. The number of ether oxygens (including phenoxy) is 1. The molecule has 0 bridgehead atoms. The van der Waals surface area contributed by atoms with Crippen LogP contribution in [0.15, 0.2) is 70.0 Å². The quantitative estimate of drug-likeness (QED) is 0.561. The number of ketones is 1. The Morgan fingerprint density at radius 3 is 2.54 bits per heavy atom. The largest absolute Gasteiger partial charge is 0.479 e. The summed E-state index contributed by atoms with van der Waals surface area (Å²) in [6.45, 7) is 3.48. The van der Waals surface area contributed by atoms with Gasteiger partial charge in [-0.15, -0.1) is 0 Å². The Balaban J connectivity index is 1.87. The summed E-state index contributed by atoms with van der Waals surface area (Å²) in [4.78, 5) is 24.4. The molecule has 0 amide bonds. The molecule has 1 aliphatic rings. The van der Waals surface area contributed by atoms with Crippen molar-refractivity contribution in [1.82, 2.24) is 0 Å². The first-order chi connectivity index (χ1) is 12.4. The molecule has 0 atom stereocenters. The van der Waals surface area contributed by atoms with Gasteiger partial charge in [0.25, 0.3) is 0 Å². The Morgan fingerprint density at radius 2 is 1.77 bits per heavy atom. The molecule has 1 N–H and O–H groups in total. The summed E-state index contributed by atoms with van der Waals surface area (Å²) in [7, 11) is 0. The van der Waals surface area contributed by atoms with Gasteiger partial charge in [0.1, 0.15) is 11.3 Å². The second kappa shape index (κ2) is 5.88. The van der Waals surface area contributed by atoms with E-state index < -0.39 is 11.2 Å². The monoisotopic (exact) mass is 347 g/mol. The van der Waals surface area contributed by atoms with E-state index in [0.29, 0.717) is 22.5 Å². The van der Waals surface area contributed by atoms with Crippen LogP contribution in [0.2, 0.25) is 0 Å². The van der Waals surface area contributed by atoms with Crippen LogP contribution in [0.5, 0.6) is 5.75 Å². The number of carbonyl (C=O) groups is 1. The van der Waals surface area contributed by atoms with Gasteiger partial charge in [-0.3, -0.25) is 4.79 Å². The van der Waals surface area contributed by atoms with Gasteiger partial charge in [-0.25, -0.2) is 4.79 Å². The highest BCUT2D eigenvalue weighted by atomic mass is 16.5. The molecule has 26 heavy (non-hydrogen) atoms. The lowest BCUT2D eigenvalue weighted by Gasteiger charge is -2.32. The number of Topliss-reactive ketones (excluding diaryl/α,β-unsaturated/α-hetero) is 1. The first-order valence-electron chi connectivity index (χ1n) is 8.28. The summed E-state index contributed by atoms with van der Waals surface area (Å²) in [5.41, 5.74) is 0.936. The number of benzene rings is 2. The van der Waals surface area contributed by atoms with Crippen LogP contribution in [-0.4, -0.2) is 11.4 Å². The molecule has 2 aromatic carbocycles. The fourth-order valence-electron chi connectivity index (χ4n) is 2.99. The first kappa shape index (κ1) is 16.1. The number of rotatable bonds is 2. The standard InChI is InChI=1S/C21H17NO4/c1-21(2)20(24)16(12-22-14-6-4-3-5-7-14)15-11-17-13(10-18(15)26-21)8-9-19(23)25-17/h3-12,22H,1-2H3. The number of para-hydroxylation sites is 1. The Hall–Kier alpha value is -3.34. The van der Waals surface area contributed by atoms with Crippen LogP contribution in [-0.2, 0) is 4.79 Å².